The molecule has 0 bridgehead atoms. The van der Waals surface area contributed by atoms with Crippen LogP contribution in [0.2, 0.25) is 10.0 Å². The summed E-state index contributed by atoms with van der Waals surface area (Å²) in [6.45, 7) is 2.49. The molecule has 0 N–H and O–H groups in total. The predicted octanol–water partition coefficient (Wildman–Crippen LogP) is 4.43. The summed E-state index contributed by atoms with van der Waals surface area (Å²) < 4.78 is 18.5. The number of ether oxygens (including phenoxy) is 3. The smallest absolute Gasteiger partial charge is 0.307 e. The Hall–Kier alpha value is -2.55. The molecule has 30 heavy (non-hydrogen) atoms. The second-order valence-corrected chi connectivity index (χ2v) is 8.16. The zero-order chi connectivity index (χ0) is 21.3. The Labute approximate surface area is 185 Å². The summed E-state index contributed by atoms with van der Waals surface area (Å²) in [6, 6.07) is 8.27. The van der Waals surface area contributed by atoms with Crippen molar-refractivity contribution in [1.82, 2.24) is 4.57 Å². The van der Waals surface area contributed by atoms with Crippen LogP contribution in [-0.2, 0) is 16.1 Å². The number of benzene rings is 2. The van der Waals surface area contributed by atoms with E-state index in [0.717, 1.165) is 10.2 Å². The van der Waals surface area contributed by atoms with E-state index in [1.54, 1.807) is 23.6 Å². The van der Waals surface area contributed by atoms with Gasteiger partial charge in [-0.2, -0.15) is 4.99 Å². The molecule has 1 aromatic heterocycles. The van der Waals surface area contributed by atoms with E-state index < -0.39 is 5.91 Å². The summed E-state index contributed by atoms with van der Waals surface area (Å²) in [5.41, 5.74) is 0.977. The molecule has 10 heteroatoms. The fraction of sp³-hybridized carbons (Fsp3) is 0.250. The number of esters is 1. The Kier molecular flexibility index (Phi) is 5.99. The van der Waals surface area contributed by atoms with Gasteiger partial charge in [0.25, 0.3) is 5.91 Å². The van der Waals surface area contributed by atoms with Crippen LogP contribution in [0.5, 0.6) is 11.5 Å². The number of carbonyl (C=O) groups excluding carboxylic acids is 2. The highest BCUT2D eigenvalue weighted by Gasteiger charge is 2.19. The highest BCUT2D eigenvalue weighted by molar-refractivity contribution is 7.16. The van der Waals surface area contributed by atoms with Crippen LogP contribution in [0.15, 0.2) is 35.3 Å². The number of carbonyl (C=O) groups is 2. The second-order valence-electron chi connectivity index (χ2n) is 6.31. The van der Waals surface area contributed by atoms with Gasteiger partial charge in [0, 0.05) is 23.7 Å². The molecule has 7 nitrogen and oxygen atoms in total. The van der Waals surface area contributed by atoms with Gasteiger partial charge < -0.3 is 18.8 Å². The molecule has 0 fully saturated rings. The van der Waals surface area contributed by atoms with Crippen LogP contribution >= 0.6 is 34.5 Å². The summed E-state index contributed by atoms with van der Waals surface area (Å²) in [7, 11) is 0. The third-order valence-corrected chi connectivity index (χ3v) is 5.98. The normalized spacial score (nSPS) is 13.1. The first-order chi connectivity index (χ1) is 14.5. The first-order valence-corrected chi connectivity index (χ1v) is 10.7. The number of nitrogens with zero attached hydrogens (tertiary/aromatic N) is 2. The fourth-order valence-electron chi connectivity index (χ4n) is 3.01. The Balaban J connectivity index is 1.80. The molecule has 0 atom stereocenters. The molecule has 0 saturated heterocycles. The lowest BCUT2D eigenvalue weighted by molar-refractivity contribution is -0.143. The average molecular weight is 467 g/mol. The number of aryl methyl sites for hydroxylation is 1. The summed E-state index contributed by atoms with van der Waals surface area (Å²) in [5.74, 6) is 0.359. The summed E-state index contributed by atoms with van der Waals surface area (Å²) >= 11 is 13.4. The molecule has 1 amide bonds. The number of amides is 1. The quantitative estimate of drug-likeness (QED) is 0.519. The molecule has 0 radical (unpaired) electrons. The molecule has 2 heterocycles. The van der Waals surface area contributed by atoms with Crippen LogP contribution in [0.1, 0.15) is 23.7 Å². The van der Waals surface area contributed by atoms with Crippen molar-refractivity contribution in [2.45, 2.75) is 19.9 Å². The molecular weight excluding hydrogens is 451 g/mol. The highest BCUT2D eigenvalue weighted by Crippen LogP contribution is 2.37. The van der Waals surface area contributed by atoms with E-state index in [-0.39, 0.29) is 36.3 Å². The third-order valence-electron chi connectivity index (χ3n) is 4.38. The maximum Gasteiger partial charge on any atom is 0.307 e. The standard InChI is InChI=1S/C20H16Cl2N2O5S/c1-2-27-18(25)5-6-24-14-8-15-16(29-10-28-15)9-17(14)30-20(24)23-19(26)12-7-11(21)3-4-13(12)22/h3-4,7-9H,2,5-6,10H2,1H3. The van der Waals surface area contributed by atoms with E-state index in [1.807, 2.05) is 12.1 Å². The fourth-order valence-corrected chi connectivity index (χ4v) is 4.44. The Morgan fingerprint density at radius 2 is 1.97 bits per heavy atom. The average Bonchev–Trinajstić information content (AvgIpc) is 3.30. The molecule has 3 aromatic rings. The van der Waals surface area contributed by atoms with Crippen LogP contribution in [0.25, 0.3) is 10.2 Å². The van der Waals surface area contributed by atoms with Gasteiger partial charge in [-0.05, 0) is 25.1 Å². The van der Waals surface area contributed by atoms with Crippen molar-refractivity contribution in [2.24, 2.45) is 4.99 Å². The maximum atomic E-state index is 12.8. The van der Waals surface area contributed by atoms with Gasteiger partial charge in [-0.25, -0.2) is 0 Å². The van der Waals surface area contributed by atoms with Crippen molar-refractivity contribution >= 4 is 56.6 Å². The van der Waals surface area contributed by atoms with Crippen molar-refractivity contribution in [2.75, 3.05) is 13.4 Å². The summed E-state index contributed by atoms with van der Waals surface area (Å²) in [6.07, 6.45) is 0.132. The zero-order valence-corrected chi connectivity index (χ0v) is 18.1. The largest absolute Gasteiger partial charge is 0.466 e. The van der Waals surface area contributed by atoms with Crippen LogP contribution < -0.4 is 14.3 Å². The number of hydrogen-bond acceptors (Lipinski definition) is 6. The van der Waals surface area contributed by atoms with E-state index >= 15 is 0 Å². The monoisotopic (exact) mass is 466 g/mol. The number of hydrogen-bond donors (Lipinski definition) is 0. The number of rotatable bonds is 5. The molecular formula is C20H16Cl2N2O5S. The number of thiazole rings is 1. The first kappa shape index (κ1) is 20.7. The molecule has 1 aliphatic heterocycles. The van der Waals surface area contributed by atoms with E-state index in [9.17, 15) is 9.59 Å². The van der Waals surface area contributed by atoms with Crippen molar-refractivity contribution < 1.29 is 23.8 Å². The lowest BCUT2D eigenvalue weighted by Gasteiger charge is -2.06. The van der Waals surface area contributed by atoms with Gasteiger partial charge in [0.2, 0.25) is 6.79 Å². The number of aromatic nitrogens is 1. The van der Waals surface area contributed by atoms with Crippen molar-refractivity contribution in [3.05, 3.63) is 50.7 Å². The topological polar surface area (TPSA) is 79.1 Å². The number of halogens is 2. The molecule has 0 saturated carbocycles. The van der Waals surface area contributed by atoms with Crippen molar-refractivity contribution in [3.8, 4) is 11.5 Å². The van der Waals surface area contributed by atoms with E-state index in [2.05, 4.69) is 4.99 Å². The minimum Gasteiger partial charge on any atom is -0.466 e. The molecule has 1 aliphatic rings. The molecule has 2 aromatic carbocycles. The van der Waals surface area contributed by atoms with Crippen LogP contribution in [-0.4, -0.2) is 29.8 Å². The second kappa shape index (κ2) is 8.67. The zero-order valence-electron chi connectivity index (χ0n) is 15.8. The van der Waals surface area contributed by atoms with E-state index in [1.165, 1.54) is 17.4 Å². The highest BCUT2D eigenvalue weighted by atomic mass is 35.5. The number of fused-ring (bicyclic) bond motifs is 2. The minimum atomic E-state index is -0.529. The van der Waals surface area contributed by atoms with Gasteiger partial charge in [-0.15, -0.1) is 0 Å². The van der Waals surface area contributed by atoms with Crippen LogP contribution in [0.4, 0.5) is 0 Å². The Morgan fingerprint density at radius 1 is 1.20 bits per heavy atom. The minimum absolute atomic E-state index is 0.132. The molecule has 0 unspecified atom stereocenters. The summed E-state index contributed by atoms with van der Waals surface area (Å²) in [5, 5.41) is 0.642. The van der Waals surface area contributed by atoms with Gasteiger partial charge >= 0.3 is 5.97 Å². The van der Waals surface area contributed by atoms with Gasteiger partial charge in [-0.1, -0.05) is 34.5 Å². The SMILES string of the molecule is CCOC(=O)CCn1c(=NC(=O)c2cc(Cl)ccc2Cl)sc2cc3c(cc21)OCO3. The maximum absolute atomic E-state index is 12.8. The summed E-state index contributed by atoms with van der Waals surface area (Å²) in [4.78, 5) is 29.4. The van der Waals surface area contributed by atoms with Gasteiger partial charge in [-0.3, -0.25) is 9.59 Å². The van der Waals surface area contributed by atoms with Crippen molar-refractivity contribution in [3.63, 3.8) is 0 Å². The molecule has 0 aliphatic carbocycles. The van der Waals surface area contributed by atoms with Gasteiger partial charge in [0.1, 0.15) is 0 Å². The van der Waals surface area contributed by atoms with Gasteiger partial charge in [0.05, 0.1) is 33.8 Å². The first-order valence-electron chi connectivity index (χ1n) is 9.09. The predicted molar refractivity (Wildman–Crippen MR) is 114 cm³/mol. The lowest BCUT2D eigenvalue weighted by atomic mass is 10.2. The lowest BCUT2D eigenvalue weighted by Crippen LogP contribution is -2.19. The molecule has 4 rings (SSSR count). The van der Waals surface area contributed by atoms with Gasteiger partial charge in [0.15, 0.2) is 16.3 Å². The van der Waals surface area contributed by atoms with Crippen LogP contribution in [0.3, 0.4) is 0 Å². The third kappa shape index (κ3) is 4.16. The molecule has 156 valence electrons. The molecule has 0 spiro atoms. The van der Waals surface area contributed by atoms with E-state index in [4.69, 9.17) is 37.4 Å². The Bertz CT molecular complexity index is 1220. The van der Waals surface area contributed by atoms with E-state index in [0.29, 0.717) is 27.9 Å². The van der Waals surface area contributed by atoms with Crippen molar-refractivity contribution in [1.29, 1.82) is 0 Å². The van der Waals surface area contributed by atoms with Crippen LogP contribution in [0, 0.1) is 0 Å². The Morgan fingerprint density at radius 3 is 2.73 bits per heavy atom.